The lowest BCUT2D eigenvalue weighted by molar-refractivity contribution is -0.134. The van der Waals surface area contributed by atoms with E-state index in [2.05, 4.69) is 10.6 Å². The SMILES string of the molecule is COc1ccccc1CCNC(=O)C1(C(=O)Nc2ccc(C#N)cc2)CC1. The highest BCUT2D eigenvalue weighted by molar-refractivity contribution is 6.13. The maximum absolute atomic E-state index is 12.6. The number of ether oxygens (including phenoxy) is 1. The molecule has 138 valence electrons. The first-order valence-electron chi connectivity index (χ1n) is 8.81. The Bertz CT molecular complexity index is 880. The van der Waals surface area contributed by atoms with Crippen molar-refractivity contribution in [3.8, 4) is 11.8 Å². The Kier molecular flexibility index (Phi) is 5.41. The summed E-state index contributed by atoms with van der Waals surface area (Å²) in [6.07, 6.45) is 1.70. The molecule has 0 bridgehead atoms. The molecule has 1 fully saturated rings. The molecule has 1 aliphatic rings. The number of carbonyl (C=O) groups is 2. The largest absolute Gasteiger partial charge is 0.496 e. The van der Waals surface area contributed by atoms with Gasteiger partial charge in [0, 0.05) is 12.2 Å². The standard InChI is InChI=1S/C21H21N3O3/c1-27-18-5-3-2-4-16(18)10-13-23-19(25)21(11-12-21)20(26)24-17-8-6-15(14-22)7-9-17/h2-9H,10-13H2,1H3,(H,23,25)(H,24,26). The van der Waals surface area contributed by atoms with E-state index in [0.29, 0.717) is 37.1 Å². The minimum absolute atomic E-state index is 0.247. The normalized spacial score (nSPS) is 13.9. The zero-order chi connectivity index (χ0) is 19.3. The number of hydrogen-bond donors (Lipinski definition) is 2. The predicted octanol–water partition coefficient (Wildman–Crippen LogP) is 2.64. The number of methoxy groups -OCH3 is 1. The summed E-state index contributed by atoms with van der Waals surface area (Å²) in [6, 6.07) is 16.3. The number of nitrogens with zero attached hydrogens (tertiary/aromatic N) is 1. The van der Waals surface area contributed by atoms with E-state index >= 15 is 0 Å². The molecule has 2 amide bonds. The quantitative estimate of drug-likeness (QED) is 0.740. The molecule has 0 unspecified atom stereocenters. The molecule has 2 aromatic carbocycles. The van der Waals surface area contributed by atoms with Gasteiger partial charge in [0.2, 0.25) is 11.8 Å². The van der Waals surface area contributed by atoms with E-state index < -0.39 is 5.41 Å². The van der Waals surface area contributed by atoms with Crippen LogP contribution in [0.3, 0.4) is 0 Å². The van der Waals surface area contributed by atoms with Crippen molar-refractivity contribution in [2.45, 2.75) is 19.3 Å². The minimum Gasteiger partial charge on any atom is -0.496 e. The van der Waals surface area contributed by atoms with Crippen LogP contribution in [0.5, 0.6) is 5.75 Å². The summed E-state index contributed by atoms with van der Waals surface area (Å²) in [5, 5.41) is 14.5. The van der Waals surface area contributed by atoms with E-state index in [9.17, 15) is 9.59 Å². The zero-order valence-corrected chi connectivity index (χ0v) is 15.1. The van der Waals surface area contributed by atoms with Crippen LogP contribution in [0.4, 0.5) is 5.69 Å². The number of amides is 2. The summed E-state index contributed by atoms with van der Waals surface area (Å²) in [5.41, 5.74) is 1.11. The predicted molar refractivity (Wildman–Crippen MR) is 101 cm³/mol. The summed E-state index contributed by atoms with van der Waals surface area (Å²) in [6.45, 7) is 0.436. The van der Waals surface area contributed by atoms with Crippen molar-refractivity contribution >= 4 is 17.5 Å². The zero-order valence-electron chi connectivity index (χ0n) is 15.1. The molecule has 27 heavy (non-hydrogen) atoms. The number of carbonyl (C=O) groups excluding carboxylic acids is 2. The molecule has 0 radical (unpaired) electrons. The molecule has 3 rings (SSSR count). The van der Waals surface area contributed by atoms with E-state index in [1.54, 1.807) is 31.4 Å². The van der Waals surface area contributed by atoms with Crippen molar-refractivity contribution in [3.63, 3.8) is 0 Å². The van der Waals surface area contributed by atoms with Crippen LogP contribution in [-0.4, -0.2) is 25.5 Å². The van der Waals surface area contributed by atoms with Crippen LogP contribution in [0.2, 0.25) is 0 Å². The Morgan fingerprint density at radius 2 is 1.81 bits per heavy atom. The van der Waals surface area contributed by atoms with Gasteiger partial charge in [-0.3, -0.25) is 9.59 Å². The Labute approximate surface area is 158 Å². The Hall–Kier alpha value is -3.33. The van der Waals surface area contributed by atoms with Gasteiger partial charge in [-0.25, -0.2) is 0 Å². The van der Waals surface area contributed by atoms with E-state index in [-0.39, 0.29) is 11.8 Å². The van der Waals surface area contributed by atoms with Crippen LogP contribution >= 0.6 is 0 Å². The highest BCUT2D eigenvalue weighted by Gasteiger charge is 2.56. The van der Waals surface area contributed by atoms with Gasteiger partial charge < -0.3 is 15.4 Å². The molecular weight excluding hydrogens is 342 g/mol. The highest BCUT2D eigenvalue weighted by Crippen LogP contribution is 2.46. The van der Waals surface area contributed by atoms with Crippen LogP contribution < -0.4 is 15.4 Å². The highest BCUT2D eigenvalue weighted by atomic mass is 16.5. The van der Waals surface area contributed by atoms with Gasteiger partial charge in [0.25, 0.3) is 0 Å². The van der Waals surface area contributed by atoms with Crippen LogP contribution in [-0.2, 0) is 16.0 Å². The number of hydrogen-bond acceptors (Lipinski definition) is 4. The molecule has 2 N–H and O–H groups in total. The third kappa shape index (κ3) is 4.09. The van der Waals surface area contributed by atoms with E-state index in [1.165, 1.54) is 0 Å². The van der Waals surface area contributed by atoms with Crippen molar-refractivity contribution in [2.75, 3.05) is 19.0 Å². The summed E-state index contributed by atoms with van der Waals surface area (Å²) >= 11 is 0. The second-order valence-electron chi connectivity index (χ2n) is 6.54. The lowest BCUT2D eigenvalue weighted by Gasteiger charge is -2.16. The number of benzene rings is 2. The molecule has 0 aromatic heterocycles. The minimum atomic E-state index is -0.991. The molecule has 0 atom stereocenters. The van der Waals surface area contributed by atoms with Crippen molar-refractivity contribution < 1.29 is 14.3 Å². The smallest absolute Gasteiger partial charge is 0.240 e. The molecular formula is C21H21N3O3. The van der Waals surface area contributed by atoms with Crippen molar-refractivity contribution in [1.82, 2.24) is 5.32 Å². The fourth-order valence-corrected chi connectivity index (χ4v) is 2.95. The Morgan fingerprint density at radius 3 is 2.44 bits per heavy atom. The monoisotopic (exact) mass is 363 g/mol. The van der Waals surface area contributed by atoms with Crippen LogP contribution in [0.15, 0.2) is 48.5 Å². The first-order chi connectivity index (χ1) is 13.1. The Morgan fingerprint density at radius 1 is 1.11 bits per heavy atom. The lowest BCUT2D eigenvalue weighted by Crippen LogP contribution is -2.40. The number of para-hydroxylation sites is 1. The second-order valence-corrected chi connectivity index (χ2v) is 6.54. The summed E-state index contributed by atoms with van der Waals surface area (Å²) < 4.78 is 5.31. The van der Waals surface area contributed by atoms with Gasteiger partial charge in [0.05, 0.1) is 18.7 Å². The molecule has 6 nitrogen and oxygen atoms in total. The van der Waals surface area contributed by atoms with Gasteiger partial charge >= 0.3 is 0 Å². The van der Waals surface area contributed by atoms with E-state index in [4.69, 9.17) is 10.00 Å². The van der Waals surface area contributed by atoms with Gasteiger partial charge in [-0.1, -0.05) is 18.2 Å². The Balaban J connectivity index is 1.55. The summed E-state index contributed by atoms with van der Waals surface area (Å²) in [5.74, 6) is 0.233. The maximum atomic E-state index is 12.6. The first kappa shape index (κ1) is 18.5. The number of nitriles is 1. The molecule has 1 aliphatic carbocycles. The topological polar surface area (TPSA) is 91.2 Å². The van der Waals surface area contributed by atoms with Crippen LogP contribution in [0.1, 0.15) is 24.0 Å². The maximum Gasteiger partial charge on any atom is 0.240 e. The fraction of sp³-hybridized carbons (Fsp3) is 0.286. The molecule has 0 heterocycles. The van der Waals surface area contributed by atoms with Gasteiger partial charge in [-0.05, 0) is 55.2 Å². The lowest BCUT2D eigenvalue weighted by atomic mass is 10.0. The van der Waals surface area contributed by atoms with Crippen molar-refractivity contribution in [2.24, 2.45) is 5.41 Å². The number of rotatable bonds is 7. The van der Waals surface area contributed by atoms with Crippen LogP contribution in [0, 0.1) is 16.7 Å². The molecule has 2 aromatic rings. The van der Waals surface area contributed by atoms with Crippen molar-refractivity contribution in [3.05, 3.63) is 59.7 Å². The second kappa shape index (κ2) is 7.92. The average Bonchev–Trinajstić information content (AvgIpc) is 3.51. The third-order valence-electron chi connectivity index (χ3n) is 4.76. The average molecular weight is 363 g/mol. The summed E-state index contributed by atoms with van der Waals surface area (Å²) in [4.78, 5) is 25.1. The van der Waals surface area contributed by atoms with Gasteiger partial charge in [0.1, 0.15) is 11.2 Å². The number of nitrogens with one attached hydrogen (secondary N) is 2. The fourth-order valence-electron chi connectivity index (χ4n) is 2.95. The van der Waals surface area contributed by atoms with Crippen molar-refractivity contribution in [1.29, 1.82) is 5.26 Å². The van der Waals surface area contributed by atoms with Crippen LogP contribution in [0.25, 0.3) is 0 Å². The van der Waals surface area contributed by atoms with Gasteiger partial charge in [-0.2, -0.15) is 5.26 Å². The van der Waals surface area contributed by atoms with E-state index in [1.807, 2.05) is 30.3 Å². The molecule has 0 saturated heterocycles. The number of anilines is 1. The molecule has 1 saturated carbocycles. The van der Waals surface area contributed by atoms with E-state index in [0.717, 1.165) is 11.3 Å². The molecule has 6 heteroatoms. The molecule has 0 aliphatic heterocycles. The first-order valence-corrected chi connectivity index (χ1v) is 8.81. The van der Waals surface area contributed by atoms with Gasteiger partial charge in [0.15, 0.2) is 0 Å². The van der Waals surface area contributed by atoms with Gasteiger partial charge in [-0.15, -0.1) is 0 Å². The summed E-state index contributed by atoms with van der Waals surface area (Å²) in [7, 11) is 1.62. The third-order valence-corrected chi connectivity index (χ3v) is 4.76. The molecule has 0 spiro atoms.